The summed E-state index contributed by atoms with van der Waals surface area (Å²) in [6, 6.07) is 0. The van der Waals surface area contributed by atoms with Crippen LogP contribution in [0.4, 0.5) is 5.95 Å². The van der Waals surface area contributed by atoms with Crippen molar-refractivity contribution in [3.8, 4) is 0 Å². The van der Waals surface area contributed by atoms with E-state index >= 15 is 0 Å². The lowest BCUT2D eigenvalue weighted by Crippen LogP contribution is -2.49. The smallest absolute Gasteiger partial charge is 0.233 e. The zero-order valence-corrected chi connectivity index (χ0v) is 12.4. The topological polar surface area (TPSA) is 107 Å². The van der Waals surface area contributed by atoms with Crippen molar-refractivity contribution in [1.29, 1.82) is 0 Å². The number of piperazine rings is 1. The van der Waals surface area contributed by atoms with E-state index < -0.39 is 0 Å². The van der Waals surface area contributed by atoms with E-state index in [1.165, 1.54) is 18.1 Å². The lowest BCUT2D eigenvalue weighted by Gasteiger charge is -2.34. The Kier molecular flexibility index (Phi) is 4.04. The molecule has 1 saturated heterocycles. The van der Waals surface area contributed by atoms with E-state index in [0.717, 1.165) is 24.9 Å². The van der Waals surface area contributed by atoms with Crippen LogP contribution in [0.5, 0.6) is 0 Å². The monoisotopic (exact) mass is 308 g/mol. The minimum Gasteiger partial charge on any atom is -0.338 e. The Morgan fingerprint density at radius 3 is 2.76 bits per heavy atom. The molecule has 0 atom stereocenters. The van der Waals surface area contributed by atoms with E-state index in [2.05, 4.69) is 35.3 Å². The molecule has 3 heterocycles. The molecule has 0 aromatic carbocycles. The van der Waals surface area contributed by atoms with Crippen molar-refractivity contribution in [3.63, 3.8) is 0 Å². The summed E-state index contributed by atoms with van der Waals surface area (Å²) in [5, 5.41) is 14.1. The van der Waals surface area contributed by atoms with Crippen LogP contribution in [0.15, 0.2) is 11.5 Å². The van der Waals surface area contributed by atoms with Gasteiger partial charge in [0, 0.05) is 26.2 Å². The van der Waals surface area contributed by atoms with Crippen molar-refractivity contribution in [1.82, 2.24) is 35.3 Å². The molecule has 21 heavy (non-hydrogen) atoms. The Morgan fingerprint density at radius 2 is 2.14 bits per heavy atom. The average Bonchev–Trinajstić information content (AvgIpc) is 3.16. The molecule has 112 valence electrons. The summed E-state index contributed by atoms with van der Waals surface area (Å²) in [7, 11) is 0. The first-order valence-corrected chi connectivity index (χ1v) is 7.61. The predicted octanol–water partition coefficient (Wildman–Crippen LogP) is -0.328. The molecular weight excluding hydrogens is 292 g/mol. The maximum absolute atomic E-state index is 12.2. The van der Waals surface area contributed by atoms with Crippen LogP contribution in [0.2, 0.25) is 0 Å². The van der Waals surface area contributed by atoms with Crippen LogP contribution in [0.25, 0.3) is 0 Å². The van der Waals surface area contributed by atoms with Crippen LogP contribution >= 0.6 is 11.8 Å². The Bertz CT molecular complexity index is 589. The number of anilines is 1. The van der Waals surface area contributed by atoms with Crippen molar-refractivity contribution >= 4 is 23.6 Å². The molecule has 1 amide bonds. The zero-order valence-electron chi connectivity index (χ0n) is 11.6. The van der Waals surface area contributed by atoms with E-state index in [1.807, 2.05) is 11.8 Å². The van der Waals surface area contributed by atoms with Crippen LogP contribution in [-0.2, 0) is 4.79 Å². The molecule has 0 unspecified atom stereocenters. The third-order valence-corrected chi connectivity index (χ3v) is 4.07. The van der Waals surface area contributed by atoms with Crippen molar-refractivity contribution in [2.45, 2.75) is 12.1 Å². The molecule has 2 aromatic heterocycles. The van der Waals surface area contributed by atoms with Gasteiger partial charge in [0.15, 0.2) is 0 Å². The molecule has 0 aliphatic carbocycles. The van der Waals surface area contributed by atoms with E-state index in [0.29, 0.717) is 24.0 Å². The Labute approximate surface area is 125 Å². The van der Waals surface area contributed by atoms with Crippen LogP contribution in [0.1, 0.15) is 5.82 Å². The number of hydrogen-bond acceptors (Lipinski definition) is 7. The lowest BCUT2D eigenvalue weighted by atomic mass is 10.3. The first-order chi connectivity index (χ1) is 10.2. The van der Waals surface area contributed by atoms with E-state index in [9.17, 15) is 4.79 Å². The van der Waals surface area contributed by atoms with Gasteiger partial charge in [0.2, 0.25) is 17.0 Å². The molecule has 2 N–H and O–H groups in total. The number of aryl methyl sites for hydroxylation is 1. The third kappa shape index (κ3) is 3.32. The van der Waals surface area contributed by atoms with Gasteiger partial charge in [0.05, 0.1) is 5.75 Å². The number of carbonyl (C=O) groups is 1. The molecule has 0 radical (unpaired) electrons. The maximum Gasteiger partial charge on any atom is 0.233 e. The molecular formula is C11H16N8OS. The van der Waals surface area contributed by atoms with Crippen molar-refractivity contribution in [2.24, 2.45) is 0 Å². The molecule has 1 fully saturated rings. The van der Waals surface area contributed by atoms with Gasteiger partial charge in [-0.1, -0.05) is 11.8 Å². The standard InChI is InChI=1S/C11H16N8OS/c1-8-14-11(17-15-8)21-6-9(20)18-2-4-19(5-3-18)10-12-7-13-16-10/h7H,2-6H2,1H3,(H,12,13,16)(H,14,15,17). The first kappa shape index (κ1) is 13.9. The molecule has 10 heteroatoms. The van der Waals surface area contributed by atoms with Gasteiger partial charge in [-0.3, -0.25) is 9.89 Å². The molecule has 0 saturated carbocycles. The van der Waals surface area contributed by atoms with Crippen molar-refractivity contribution in [2.75, 3.05) is 36.8 Å². The molecule has 1 aliphatic heterocycles. The van der Waals surface area contributed by atoms with Crippen LogP contribution in [0, 0.1) is 6.92 Å². The second kappa shape index (κ2) is 6.12. The third-order valence-electron chi connectivity index (χ3n) is 3.24. The molecule has 0 spiro atoms. The van der Waals surface area contributed by atoms with Gasteiger partial charge in [0.25, 0.3) is 0 Å². The minimum atomic E-state index is 0.111. The number of thioether (sulfide) groups is 1. The van der Waals surface area contributed by atoms with Gasteiger partial charge < -0.3 is 9.80 Å². The number of H-pyrrole nitrogens is 2. The highest BCUT2D eigenvalue weighted by Gasteiger charge is 2.22. The fraction of sp³-hybridized carbons (Fsp3) is 0.545. The number of carbonyl (C=O) groups excluding carboxylic acids is 1. The molecule has 3 rings (SSSR count). The normalized spacial score (nSPS) is 15.5. The number of rotatable bonds is 4. The van der Waals surface area contributed by atoms with Crippen LogP contribution in [-0.4, -0.2) is 73.1 Å². The second-order valence-corrected chi connectivity index (χ2v) is 5.61. The fourth-order valence-electron chi connectivity index (χ4n) is 2.12. The number of aromatic amines is 2. The maximum atomic E-state index is 12.2. The van der Waals surface area contributed by atoms with Gasteiger partial charge >= 0.3 is 0 Å². The summed E-state index contributed by atoms with van der Waals surface area (Å²) in [5.74, 6) is 1.98. The summed E-state index contributed by atoms with van der Waals surface area (Å²) < 4.78 is 0. The first-order valence-electron chi connectivity index (χ1n) is 6.62. The van der Waals surface area contributed by atoms with Gasteiger partial charge in [-0.2, -0.15) is 10.1 Å². The predicted molar refractivity (Wildman–Crippen MR) is 77.0 cm³/mol. The Balaban J connectivity index is 1.46. The fourth-order valence-corrected chi connectivity index (χ4v) is 2.87. The van der Waals surface area contributed by atoms with Gasteiger partial charge in [-0.05, 0) is 6.92 Å². The largest absolute Gasteiger partial charge is 0.338 e. The van der Waals surface area contributed by atoms with Crippen LogP contribution < -0.4 is 4.90 Å². The highest BCUT2D eigenvalue weighted by molar-refractivity contribution is 7.99. The van der Waals surface area contributed by atoms with E-state index in [4.69, 9.17) is 0 Å². The highest BCUT2D eigenvalue weighted by Crippen LogP contribution is 2.15. The summed E-state index contributed by atoms with van der Waals surface area (Å²) >= 11 is 1.35. The minimum absolute atomic E-state index is 0.111. The average molecular weight is 308 g/mol. The molecule has 9 nitrogen and oxygen atoms in total. The Morgan fingerprint density at radius 1 is 1.33 bits per heavy atom. The van der Waals surface area contributed by atoms with E-state index in [1.54, 1.807) is 0 Å². The SMILES string of the molecule is Cc1nc(SCC(=O)N2CCN(c3ncn[nH]3)CC2)n[nH]1. The number of hydrogen-bond donors (Lipinski definition) is 2. The number of aromatic nitrogens is 6. The summed E-state index contributed by atoms with van der Waals surface area (Å²) in [4.78, 5) is 24.4. The number of amides is 1. The van der Waals surface area contributed by atoms with Gasteiger partial charge in [0.1, 0.15) is 12.2 Å². The highest BCUT2D eigenvalue weighted by atomic mass is 32.2. The van der Waals surface area contributed by atoms with E-state index in [-0.39, 0.29) is 5.91 Å². The van der Waals surface area contributed by atoms with Crippen LogP contribution in [0.3, 0.4) is 0 Å². The van der Waals surface area contributed by atoms with Crippen molar-refractivity contribution < 1.29 is 4.79 Å². The van der Waals surface area contributed by atoms with Gasteiger partial charge in [-0.25, -0.2) is 10.1 Å². The number of nitrogens with zero attached hydrogens (tertiary/aromatic N) is 6. The lowest BCUT2D eigenvalue weighted by molar-refractivity contribution is -0.128. The van der Waals surface area contributed by atoms with Crippen molar-refractivity contribution in [3.05, 3.63) is 12.2 Å². The molecule has 1 aliphatic rings. The van der Waals surface area contributed by atoms with Gasteiger partial charge in [-0.15, -0.1) is 5.10 Å². The quantitative estimate of drug-likeness (QED) is 0.745. The molecule has 0 bridgehead atoms. The Hall–Kier alpha value is -2.10. The zero-order chi connectivity index (χ0) is 14.7. The summed E-state index contributed by atoms with van der Waals surface area (Å²) in [5.41, 5.74) is 0. The second-order valence-electron chi connectivity index (χ2n) is 4.67. The summed E-state index contributed by atoms with van der Waals surface area (Å²) in [6.45, 7) is 4.72. The molecule has 2 aromatic rings. The summed E-state index contributed by atoms with van der Waals surface area (Å²) in [6.07, 6.45) is 1.49. The number of nitrogens with one attached hydrogen (secondary N) is 2.